The number of amides is 1. The second-order valence-corrected chi connectivity index (χ2v) is 6.74. The van der Waals surface area contributed by atoms with Crippen LogP contribution in [-0.4, -0.2) is 41.8 Å². The third-order valence-corrected chi connectivity index (χ3v) is 5.17. The van der Waals surface area contributed by atoms with Crippen molar-refractivity contribution in [1.29, 1.82) is 0 Å². The summed E-state index contributed by atoms with van der Waals surface area (Å²) in [6, 6.07) is 0. The molecule has 0 aliphatic heterocycles. The van der Waals surface area contributed by atoms with Gasteiger partial charge in [0.15, 0.2) is 0 Å². The Morgan fingerprint density at radius 2 is 2.00 bits per heavy atom. The monoisotopic (exact) mass is 300 g/mol. The predicted octanol–water partition coefficient (Wildman–Crippen LogP) is 1.14. The molecule has 3 atom stereocenters. The van der Waals surface area contributed by atoms with E-state index in [1.54, 1.807) is 13.8 Å². The highest BCUT2D eigenvalue weighted by Gasteiger charge is 2.62. The van der Waals surface area contributed by atoms with Crippen molar-refractivity contribution in [3.63, 3.8) is 0 Å². The molecule has 0 aromatic rings. The first-order valence-corrected chi connectivity index (χ1v) is 7.47. The van der Waals surface area contributed by atoms with Gasteiger partial charge in [0, 0.05) is 25.0 Å². The molecule has 0 aromatic heterocycles. The summed E-state index contributed by atoms with van der Waals surface area (Å²) in [7, 11) is 0. The zero-order valence-electron chi connectivity index (χ0n) is 13.7. The Bertz CT molecular complexity index is 424. The summed E-state index contributed by atoms with van der Waals surface area (Å²) in [4.78, 5) is 23.7. The van der Waals surface area contributed by atoms with Gasteiger partial charge < -0.3 is 20.9 Å². The Hall–Kier alpha value is -1.14. The number of aliphatic carboxylic acids is 1. The smallest absolute Gasteiger partial charge is 0.311 e. The average Bonchev–Trinajstić information content (AvgIpc) is 2.43. The highest BCUT2D eigenvalue weighted by Crippen LogP contribution is 2.49. The van der Waals surface area contributed by atoms with Crippen LogP contribution in [0.4, 0.5) is 0 Å². The normalized spacial score (nSPS) is 30.1. The zero-order valence-corrected chi connectivity index (χ0v) is 13.7. The number of carboxylic acid groups (broad SMARTS) is 1. The molecular weight excluding hydrogens is 272 g/mol. The van der Waals surface area contributed by atoms with Crippen LogP contribution < -0.4 is 11.1 Å². The molecule has 0 bridgehead atoms. The summed E-state index contributed by atoms with van der Waals surface area (Å²) in [6.07, 6.45) is 0.844. The Morgan fingerprint density at radius 1 is 1.43 bits per heavy atom. The minimum atomic E-state index is -1.01. The Kier molecular flexibility index (Phi) is 5.05. The quantitative estimate of drug-likeness (QED) is 0.654. The van der Waals surface area contributed by atoms with Gasteiger partial charge in [0.1, 0.15) is 5.54 Å². The van der Waals surface area contributed by atoms with Gasteiger partial charge in [-0.25, -0.2) is 0 Å². The van der Waals surface area contributed by atoms with Gasteiger partial charge in [0.05, 0.1) is 11.5 Å². The predicted molar refractivity (Wildman–Crippen MR) is 79.8 cm³/mol. The van der Waals surface area contributed by atoms with E-state index in [1.165, 1.54) is 0 Å². The molecular formula is C15H28N2O4. The van der Waals surface area contributed by atoms with Crippen molar-refractivity contribution in [2.24, 2.45) is 16.6 Å². The van der Waals surface area contributed by atoms with Crippen molar-refractivity contribution < 1.29 is 19.4 Å². The average molecular weight is 300 g/mol. The van der Waals surface area contributed by atoms with Crippen LogP contribution in [0.3, 0.4) is 0 Å². The van der Waals surface area contributed by atoms with Crippen LogP contribution in [0.1, 0.15) is 47.5 Å². The lowest BCUT2D eigenvalue weighted by Crippen LogP contribution is -2.76. The van der Waals surface area contributed by atoms with Crippen molar-refractivity contribution in [2.75, 3.05) is 13.2 Å². The number of rotatable bonds is 7. The molecule has 1 rings (SSSR count). The molecule has 4 N–H and O–H groups in total. The van der Waals surface area contributed by atoms with Crippen LogP contribution in [0.5, 0.6) is 0 Å². The maximum absolute atomic E-state index is 12.4. The summed E-state index contributed by atoms with van der Waals surface area (Å²) < 4.78 is 5.59. The topological polar surface area (TPSA) is 102 Å². The van der Waals surface area contributed by atoms with E-state index in [9.17, 15) is 14.7 Å². The summed E-state index contributed by atoms with van der Waals surface area (Å²) in [6.45, 7) is 9.79. The SMILES string of the molecule is CCOC1CC(N)(C(=O)NCC(C)(CC)C(=O)O)C1(C)C. The van der Waals surface area contributed by atoms with E-state index in [4.69, 9.17) is 10.5 Å². The van der Waals surface area contributed by atoms with Crippen LogP contribution in [0.2, 0.25) is 0 Å². The maximum atomic E-state index is 12.4. The van der Waals surface area contributed by atoms with Crippen LogP contribution in [0, 0.1) is 10.8 Å². The van der Waals surface area contributed by atoms with E-state index in [0.29, 0.717) is 19.4 Å². The number of hydrogen-bond acceptors (Lipinski definition) is 4. The molecule has 1 amide bonds. The van der Waals surface area contributed by atoms with Crippen molar-refractivity contribution >= 4 is 11.9 Å². The van der Waals surface area contributed by atoms with Gasteiger partial charge in [0.25, 0.3) is 0 Å². The number of nitrogens with one attached hydrogen (secondary N) is 1. The molecule has 0 spiro atoms. The van der Waals surface area contributed by atoms with E-state index >= 15 is 0 Å². The van der Waals surface area contributed by atoms with Gasteiger partial charge in [-0.15, -0.1) is 0 Å². The summed E-state index contributed by atoms with van der Waals surface area (Å²) in [5, 5.41) is 11.9. The number of carbonyl (C=O) groups excluding carboxylic acids is 1. The second-order valence-electron chi connectivity index (χ2n) is 6.74. The minimum Gasteiger partial charge on any atom is -0.481 e. The van der Waals surface area contributed by atoms with Gasteiger partial charge in [-0.05, 0) is 20.3 Å². The molecule has 0 heterocycles. The van der Waals surface area contributed by atoms with E-state index in [0.717, 1.165) is 0 Å². The molecule has 6 nitrogen and oxygen atoms in total. The minimum absolute atomic E-state index is 0.0460. The Labute approximate surface area is 126 Å². The molecule has 3 unspecified atom stereocenters. The van der Waals surface area contributed by atoms with Gasteiger partial charge in [0.2, 0.25) is 5.91 Å². The standard InChI is InChI=1S/C15H28N2O4/c1-6-14(5,12(19)20)9-17-11(18)15(16)8-10(21-7-2)13(15,3)4/h10H,6-9,16H2,1-5H3,(H,17,18)(H,19,20). The number of hydrogen-bond donors (Lipinski definition) is 3. The number of ether oxygens (including phenoxy) is 1. The van der Waals surface area contributed by atoms with Crippen molar-refractivity contribution in [3.05, 3.63) is 0 Å². The highest BCUT2D eigenvalue weighted by molar-refractivity contribution is 5.89. The molecule has 1 fully saturated rings. The lowest BCUT2D eigenvalue weighted by molar-refractivity contribution is -0.171. The summed E-state index contributed by atoms with van der Waals surface area (Å²) >= 11 is 0. The van der Waals surface area contributed by atoms with Crippen LogP contribution in [0.25, 0.3) is 0 Å². The lowest BCUT2D eigenvalue weighted by atomic mass is 9.54. The zero-order chi connectivity index (χ0) is 16.5. The third-order valence-electron chi connectivity index (χ3n) is 5.17. The van der Waals surface area contributed by atoms with Crippen LogP contribution >= 0.6 is 0 Å². The van der Waals surface area contributed by atoms with Gasteiger partial charge in [-0.2, -0.15) is 0 Å². The largest absolute Gasteiger partial charge is 0.481 e. The first-order chi connectivity index (χ1) is 9.55. The maximum Gasteiger partial charge on any atom is 0.311 e. The Morgan fingerprint density at radius 3 is 2.38 bits per heavy atom. The molecule has 0 aromatic carbocycles. The van der Waals surface area contributed by atoms with E-state index in [2.05, 4.69) is 5.32 Å². The molecule has 0 saturated heterocycles. The molecule has 122 valence electrons. The fourth-order valence-electron chi connectivity index (χ4n) is 2.61. The molecule has 0 radical (unpaired) electrons. The highest BCUT2D eigenvalue weighted by atomic mass is 16.5. The molecule has 21 heavy (non-hydrogen) atoms. The van der Waals surface area contributed by atoms with Crippen LogP contribution in [0.15, 0.2) is 0 Å². The fourth-order valence-corrected chi connectivity index (χ4v) is 2.61. The van der Waals surface area contributed by atoms with E-state index < -0.39 is 22.3 Å². The van der Waals surface area contributed by atoms with E-state index in [-0.39, 0.29) is 18.6 Å². The van der Waals surface area contributed by atoms with Crippen molar-refractivity contribution in [3.8, 4) is 0 Å². The summed E-state index contributed by atoms with van der Waals surface area (Å²) in [5.41, 5.74) is 3.79. The first kappa shape index (κ1) is 17.9. The van der Waals surface area contributed by atoms with Gasteiger partial charge >= 0.3 is 5.97 Å². The molecule has 1 aliphatic rings. The molecule has 1 saturated carbocycles. The number of nitrogens with two attached hydrogens (primary N) is 1. The second kappa shape index (κ2) is 5.93. The van der Waals surface area contributed by atoms with Gasteiger partial charge in [-0.3, -0.25) is 9.59 Å². The fraction of sp³-hybridized carbons (Fsp3) is 0.867. The van der Waals surface area contributed by atoms with Crippen molar-refractivity contribution in [2.45, 2.75) is 59.1 Å². The van der Waals surface area contributed by atoms with E-state index in [1.807, 2.05) is 20.8 Å². The first-order valence-electron chi connectivity index (χ1n) is 7.47. The lowest BCUT2D eigenvalue weighted by Gasteiger charge is -2.57. The van der Waals surface area contributed by atoms with Crippen molar-refractivity contribution in [1.82, 2.24) is 5.32 Å². The number of carbonyl (C=O) groups is 2. The summed E-state index contributed by atoms with van der Waals surface area (Å²) in [5.74, 6) is -1.22. The van der Waals surface area contributed by atoms with Crippen LogP contribution in [-0.2, 0) is 14.3 Å². The molecule has 1 aliphatic carbocycles. The molecule has 6 heteroatoms. The van der Waals surface area contributed by atoms with Gasteiger partial charge in [-0.1, -0.05) is 20.8 Å². The number of carboxylic acids is 1. The Balaban J connectivity index is 2.71. The third kappa shape index (κ3) is 2.92.